The van der Waals surface area contributed by atoms with Gasteiger partial charge < -0.3 is 28.4 Å². The van der Waals surface area contributed by atoms with Gasteiger partial charge in [-0.25, -0.2) is 0 Å². The summed E-state index contributed by atoms with van der Waals surface area (Å²) in [5.41, 5.74) is 0. The molecule has 6 unspecified atom stereocenters. The molecule has 0 aromatic rings. The maximum absolute atomic E-state index is 6.14. The van der Waals surface area contributed by atoms with Crippen molar-refractivity contribution in [2.75, 3.05) is 105 Å². The van der Waals surface area contributed by atoms with Crippen LogP contribution >= 0.6 is 0 Å². The number of epoxide rings is 4. The molecule has 5 rings (SSSR count). The van der Waals surface area contributed by atoms with Crippen LogP contribution in [0, 0.1) is 0 Å². The van der Waals surface area contributed by atoms with Gasteiger partial charge >= 0.3 is 0 Å². The number of nitrogens with zero attached hydrogens (tertiary/aromatic N) is 4. The summed E-state index contributed by atoms with van der Waals surface area (Å²) >= 11 is 0. The van der Waals surface area contributed by atoms with Gasteiger partial charge in [0.2, 0.25) is 0 Å². The molecule has 6 atom stereocenters. The maximum atomic E-state index is 6.14. The zero-order chi connectivity index (χ0) is 23.3. The van der Waals surface area contributed by atoms with Gasteiger partial charge in [0, 0.05) is 52.4 Å². The van der Waals surface area contributed by atoms with Crippen molar-refractivity contribution < 1.29 is 28.4 Å². The highest BCUT2D eigenvalue weighted by Crippen LogP contribution is 2.21. The second-order valence-corrected chi connectivity index (χ2v) is 10.3. The van der Waals surface area contributed by atoms with Crippen LogP contribution in [0.25, 0.3) is 0 Å². The highest BCUT2D eigenvalue weighted by Gasteiger charge is 2.36. The second-order valence-electron chi connectivity index (χ2n) is 10.3. The monoisotopic (exact) mass is 484 g/mol. The van der Waals surface area contributed by atoms with E-state index in [1.807, 2.05) is 0 Å². The molecule has 0 aliphatic carbocycles. The molecule has 0 amide bonds. The maximum Gasteiger partial charge on any atom is 0.0937 e. The average Bonchev–Trinajstić information content (AvgIpc) is 3.64. The smallest absolute Gasteiger partial charge is 0.0937 e. The molecule has 0 radical (unpaired) electrons. The Balaban J connectivity index is 1.10. The van der Waals surface area contributed by atoms with Crippen LogP contribution in [0.2, 0.25) is 0 Å². The molecule has 0 N–H and O–H groups in total. The van der Waals surface area contributed by atoms with E-state index in [0.717, 1.165) is 105 Å². The summed E-state index contributed by atoms with van der Waals surface area (Å²) < 4.78 is 34.3. The van der Waals surface area contributed by atoms with Gasteiger partial charge in [-0.05, 0) is 13.8 Å². The highest BCUT2D eigenvalue weighted by atomic mass is 16.6. The fraction of sp³-hybridized carbons (Fsp3) is 1.00. The molecule has 5 heterocycles. The van der Waals surface area contributed by atoms with E-state index >= 15 is 0 Å². The topological polar surface area (TPSA) is 81.5 Å². The highest BCUT2D eigenvalue weighted by molar-refractivity contribution is 4.85. The van der Waals surface area contributed by atoms with E-state index in [1.165, 1.54) is 0 Å². The minimum absolute atomic E-state index is 0.308. The molecule has 0 saturated carbocycles. The fourth-order valence-corrected chi connectivity index (χ4v) is 4.86. The minimum atomic E-state index is 0.308. The first kappa shape index (κ1) is 25.3. The van der Waals surface area contributed by atoms with Crippen LogP contribution in [0.1, 0.15) is 13.8 Å². The predicted octanol–water partition coefficient (Wildman–Crippen LogP) is -0.472. The third-order valence-corrected chi connectivity index (χ3v) is 7.57. The number of rotatable bonds is 12. The average molecular weight is 485 g/mol. The first-order chi connectivity index (χ1) is 16.7. The van der Waals surface area contributed by atoms with Gasteiger partial charge in [0.25, 0.3) is 0 Å². The lowest BCUT2D eigenvalue weighted by Crippen LogP contribution is -2.52. The van der Waals surface area contributed by atoms with Gasteiger partial charge in [-0.15, -0.1) is 0 Å². The third kappa shape index (κ3) is 8.33. The van der Waals surface area contributed by atoms with Crippen molar-refractivity contribution in [1.29, 1.82) is 0 Å². The van der Waals surface area contributed by atoms with Crippen molar-refractivity contribution in [3.8, 4) is 0 Å². The van der Waals surface area contributed by atoms with Crippen LogP contribution in [-0.4, -0.2) is 162 Å². The van der Waals surface area contributed by atoms with Crippen molar-refractivity contribution in [2.24, 2.45) is 0 Å². The Hall–Kier alpha value is -0.400. The summed E-state index contributed by atoms with van der Waals surface area (Å²) in [6.07, 6.45) is 2.14. The largest absolute Gasteiger partial charge is 0.379 e. The molecule has 0 aromatic heterocycles. The van der Waals surface area contributed by atoms with Gasteiger partial charge in [-0.2, -0.15) is 0 Å². The lowest BCUT2D eigenvalue weighted by atomic mass is 10.3. The van der Waals surface area contributed by atoms with Crippen LogP contribution in [0.15, 0.2) is 0 Å². The van der Waals surface area contributed by atoms with Crippen molar-refractivity contribution in [3.63, 3.8) is 0 Å². The molecule has 10 nitrogen and oxygen atoms in total. The van der Waals surface area contributed by atoms with E-state index < -0.39 is 0 Å². The van der Waals surface area contributed by atoms with E-state index in [1.54, 1.807) is 0 Å². The van der Waals surface area contributed by atoms with Crippen LogP contribution in [0.3, 0.4) is 0 Å². The summed E-state index contributed by atoms with van der Waals surface area (Å²) in [6, 6.07) is 0. The summed E-state index contributed by atoms with van der Waals surface area (Å²) in [6.45, 7) is 18.5. The van der Waals surface area contributed by atoms with Crippen molar-refractivity contribution >= 4 is 0 Å². The lowest BCUT2D eigenvalue weighted by molar-refractivity contribution is -0.0296. The first-order valence-electron chi connectivity index (χ1n) is 13.2. The lowest BCUT2D eigenvalue weighted by Gasteiger charge is -2.39. The second kappa shape index (κ2) is 12.2. The van der Waals surface area contributed by atoms with Gasteiger partial charge in [0.1, 0.15) is 0 Å². The molecule has 10 heteroatoms. The van der Waals surface area contributed by atoms with Crippen molar-refractivity contribution in [2.45, 2.75) is 50.6 Å². The van der Waals surface area contributed by atoms with Crippen molar-refractivity contribution in [1.82, 2.24) is 19.6 Å². The Labute approximate surface area is 204 Å². The first-order valence-corrected chi connectivity index (χ1v) is 13.2. The number of hydrogen-bond acceptors (Lipinski definition) is 10. The van der Waals surface area contributed by atoms with E-state index in [2.05, 4.69) is 33.4 Å². The molecule has 34 heavy (non-hydrogen) atoms. The fourth-order valence-electron chi connectivity index (χ4n) is 4.86. The van der Waals surface area contributed by atoms with Gasteiger partial charge in [-0.1, -0.05) is 0 Å². The Morgan fingerprint density at radius 2 is 0.824 bits per heavy atom. The SMILES string of the molecule is CC(N1CCOCCN(C(C)N(CC2CO2)CC2CO2)CCOCC1)N(CC1CO1)CC1CO1. The summed E-state index contributed by atoms with van der Waals surface area (Å²) in [5.74, 6) is 0. The normalized spacial score (nSPS) is 34.9. The molecule has 5 saturated heterocycles. The Bertz CT molecular complexity index is 524. The molecular formula is C24H44N4O6. The van der Waals surface area contributed by atoms with E-state index in [-0.39, 0.29) is 0 Å². The van der Waals surface area contributed by atoms with Gasteiger partial charge in [0.15, 0.2) is 0 Å². The number of hydrogen-bond donors (Lipinski definition) is 0. The van der Waals surface area contributed by atoms with Gasteiger partial charge in [-0.3, -0.25) is 19.6 Å². The van der Waals surface area contributed by atoms with Crippen LogP contribution in [0.5, 0.6) is 0 Å². The van der Waals surface area contributed by atoms with Crippen LogP contribution < -0.4 is 0 Å². The van der Waals surface area contributed by atoms with E-state index in [4.69, 9.17) is 28.4 Å². The van der Waals surface area contributed by atoms with E-state index in [9.17, 15) is 0 Å². The quantitative estimate of drug-likeness (QED) is 0.339. The Morgan fingerprint density at radius 1 is 0.559 bits per heavy atom. The molecule has 5 aliphatic rings. The third-order valence-electron chi connectivity index (χ3n) is 7.57. The predicted molar refractivity (Wildman–Crippen MR) is 126 cm³/mol. The molecule has 5 fully saturated rings. The Morgan fingerprint density at radius 3 is 1.06 bits per heavy atom. The zero-order valence-electron chi connectivity index (χ0n) is 21.0. The van der Waals surface area contributed by atoms with E-state index in [0.29, 0.717) is 36.7 Å². The standard InChI is InChI=1S/C24H44N4O6/c1-19(27(11-21-15-31-21)12-22-16-32-22)25-3-7-29-9-5-26(6-10-30-8-4-25)20(2)28(13-23-17-33-23)14-24-18-34-24/h19-24H,3-18H2,1-2H3. The molecule has 196 valence electrons. The molecule has 0 spiro atoms. The minimum Gasteiger partial charge on any atom is -0.379 e. The Kier molecular flexibility index (Phi) is 9.08. The summed E-state index contributed by atoms with van der Waals surface area (Å²) in [7, 11) is 0. The number of ether oxygens (including phenoxy) is 6. The molecule has 5 aliphatic heterocycles. The van der Waals surface area contributed by atoms with Gasteiger partial charge in [0.05, 0.1) is 89.6 Å². The molecular weight excluding hydrogens is 440 g/mol. The van der Waals surface area contributed by atoms with Crippen molar-refractivity contribution in [3.05, 3.63) is 0 Å². The molecule has 0 bridgehead atoms. The van der Waals surface area contributed by atoms with Crippen LogP contribution in [0.4, 0.5) is 0 Å². The van der Waals surface area contributed by atoms with Crippen LogP contribution in [-0.2, 0) is 28.4 Å². The molecule has 0 aromatic carbocycles. The summed E-state index contributed by atoms with van der Waals surface area (Å²) in [4.78, 5) is 9.98. The summed E-state index contributed by atoms with van der Waals surface area (Å²) in [5, 5.41) is 0. The zero-order valence-corrected chi connectivity index (χ0v) is 21.0.